The molecule has 0 radical (unpaired) electrons. The highest BCUT2D eigenvalue weighted by Crippen LogP contribution is 2.28. The predicted octanol–water partition coefficient (Wildman–Crippen LogP) is 1.33. The summed E-state index contributed by atoms with van der Waals surface area (Å²) in [5.41, 5.74) is 7.58. The molecule has 1 atom stereocenters. The number of nitrogens with one attached hydrogen (secondary N) is 2. The molecule has 5 heteroatoms. The molecule has 1 aromatic carbocycles. The molecule has 0 saturated carbocycles. The van der Waals surface area contributed by atoms with Gasteiger partial charge >= 0.3 is 6.03 Å². The Labute approximate surface area is 113 Å². The van der Waals surface area contributed by atoms with Gasteiger partial charge in [-0.15, -0.1) is 0 Å². The number of hydrogen-bond acceptors (Lipinski definition) is 3. The number of rotatable bonds is 6. The molecule has 1 heterocycles. The Hall–Kier alpha value is -1.75. The number of primary amides is 1. The number of ether oxygens (including phenoxy) is 1. The van der Waals surface area contributed by atoms with Crippen LogP contribution in [0.5, 0.6) is 5.75 Å². The van der Waals surface area contributed by atoms with Crippen molar-refractivity contribution in [2.75, 3.05) is 19.7 Å². The van der Waals surface area contributed by atoms with Crippen LogP contribution in [0.3, 0.4) is 0 Å². The Kier molecular flexibility index (Phi) is 4.63. The topological polar surface area (TPSA) is 76.4 Å². The van der Waals surface area contributed by atoms with E-state index in [1.54, 1.807) is 0 Å². The van der Waals surface area contributed by atoms with E-state index in [2.05, 4.69) is 29.7 Å². The first-order chi connectivity index (χ1) is 9.20. The molecule has 19 heavy (non-hydrogen) atoms. The number of urea groups is 1. The molecule has 1 aromatic rings. The summed E-state index contributed by atoms with van der Waals surface area (Å²) in [4.78, 5) is 10.6. The van der Waals surface area contributed by atoms with Crippen LogP contribution in [0.1, 0.15) is 30.5 Å². The third kappa shape index (κ3) is 3.61. The van der Waals surface area contributed by atoms with E-state index in [-0.39, 0.29) is 0 Å². The van der Waals surface area contributed by atoms with E-state index in [0.717, 1.165) is 25.2 Å². The fourth-order valence-corrected chi connectivity index (χ4v) is 2.35. The Morgan fingerprint density at radius 3 is 3.05 bits per heavy atom. The molecule has 2 amide bonds. The first kappa shape index (κ1) is 13.7. The van der Waals surface area contributed by atoms with Crippen LogP contribution in [0.25, 0.3) is 0 Å². The molecule has 0 spiro atoms. The minimum Gasteiger partial charge on any atom is -0.493 e. The van der Waals surface area contributed by atoms with E-state index in [0.29, 0.717) is 19.1 Å². The van der Waals surface area contributed by atoms with E-state index in [1.807, 2.05) is 6.07 Å². The Balaban J connectivity index is 1.92. The Morgan fingerprint density at radius 2 is 2.32 bits per heavy atom. The summed E-state index contributed by atoms with van der Waals surface area (Å²) in [7, 11) is 0. The minimum atomic E-state index is -0.482. The maximum Gasteiger partial charge on any atom is 0.312 e. The number of benzene rings is 1. The fourth-order valence-electron chi connectivity index (χ4n) is 2.35. The zero-order valence-electron chi connectivity index (χ0n) is 11.2. The standard InChI is InChI=1S/C14H21N3O2/c1-2-12(16-6-7-17-14(15)18)10-3-4-13-11(9-10)5-8-19-13/h3-4,9,12,16H,2,5-8H2,1H3,(H3,15,17,18). The molecule has 1 aliphatic heterocycles. The molecule has 0 fully saturated rings. The summed E-state index contributed by atoms with van der Waals surface area (Å²) in [6, 6.07) is 6.17. The zero-order chi connectivity index (χ0) is 13.7. The Morgan fingerprint density at radius 1 is 1.47 bits per heavy atom. The average Bonchev–Trinajstić information content (AvgIpc) is 2.85. The van der Waals surface area contributed by atoms with Crippen molar-refractivity contribution < 1.29 is 9.53 Å². The lowest BCUT2D eigenvalue weighted by atomic mass is 10.0. The van der Waals surface area contributed by atoms with E-state index in [4.69, 9.17) is 10.5 Å². The summed E-state index contributed by atoms with van der Waals surface area (Å²) in [6.07, 6.45) is 1.99. The summed E-state index contributed by atoms with van der Waals surface area (Å²) in [6.45, 7) is 4.17. The average molecular weight is 263 g/mol. The van der Waals surface area contributed by atoms with E-state index >= 15 is 0 Å². The zero-order valence-corrected chi connectivity index (χ0v) is 11.2. The maximum absolute atomic E-state index is 10.6. The third-order valence-corrected chi connectivity index (χ3v) is 3.34. The lowest BCUT2D eigenvalue weighted by Gasteiger charge is -2.18. The van der Waals surface area contributed by atoms with Gasteiger partial charge in [-0.25, -0.2) is 4.79 Å². The van der Waals surface area contributed by atoms with E-state index in [9.17, 15) is 4.79 Å². The number of carbonyl (C=O) groups is 1. The van der Waals surface area contributed by atoms with Crippen LogP contribution >= 0.6 is 0 Å². The second kappa shape index (κ2) is 6.43. The molecule has 104 valence electrons. The van der Waals surface area contributed by atoms with Crippen molar-refractivity contribution in [1.29, 1.82) is 0 Å². The third-order valence-electron chi connectivity index (χ3n) is 3.34. The van der Waals surface area contributed by atoms with Gasteiger partial charge in [0.15, 0.2) is 0 Å². The van der Waals surface area contributed by atoms with Crippen LogP contribution in [0.2, 0.25) is 0 Å². The van der Waals surface area contributed by atoms with Crippen LogP contribution in [0.15, 0.2) is 18.2 Å². The van der Waals surface area contributed by atoms with Gasteiger partial charge in [-0.1, -0.05) is 19.1 Å². The van der Waals surface area contributed by atoms with Gasteiger partial charge in [0, 0.05) is 25.6 Å². The van der Waals surface area contributed by atoms with Crippen molar-refractivity contribution in [3.05, 3.63) is 29.3 Å². The van der Waals surface area contributed by atoms with Crippen LogP contribution in [-0.2, 0) is 6.42 Å². The first-order valence-corrected chi connectivity index (χ1v) is 6.73. The number of carbonyl (C=O) groups excluding carboxylic acids is 1. The van der Waals surface area contributed by atoms with Crippen molar-refractivity contribution in [2.45, 2.75) is 25.8 Å². The second-order valence-corrected chi connectivity index (χ2v) is 4.67. The molecule has 0 aromatic heterocycles. The summed E-state index contributed by atoms with van der Waals surface area (Å²) < 4.78 is 5.51. The number of hydrogen-bond donors (Lipinski definition) is 3. The molecular formula is C14H21N3O2. The van der Waals surface area contributed by atoms with Gasteiger partial charge in [-0.2, -0.15) is 0 Å². The van der Waals surface area contributed by atoms with Gasteiger partial charge in [0.2, 0.25) is 0 Å². The first-order valence-electron chi connectivity index (χ1n) is 6.73. The summed E-state index contributed by atoms with van der Waals surface area (Å²) >= 11 is 0. The monoisotopic (exact) mass is 263 g/mol. The van der Waals surface area contributed by atoms with Crippen molar-refractivity contribution in [2.24, 2.45) is 5.73 Å². The van der Waals surface area contributed by atoms with Gasteiger partial charge in [0.05, 0.1) is 6.61 Å². The SMILES string of the molecule is CCC(NCCNC(N)=O)c1ccc2c(c1)CCO2. The van der Waals surface area contributed by atoms with Gasteiger partial charge in [-0.3, -0.25) is 0 Å². The minimum absolute atomic E-state index is 0.292. The number of fused-ring (bicyclic) bond motifs is 1. The molecular weight excluding hydrogens is 242 g/mol. The lowest BCUT2D eigenvalue weighted by Crippen LogP contribution is -2.36. The van der Waals surface area contributed by atoms with Crippen LogP contribution in [0, 0.1) is 0 Å². The largest absolute Gasteiger partial charge is 0.493 e. The molecule has 4 N–H and O–H groups in total. The highest BCUT2D eigenvalue weighted by molar-refractivity contribution is 5.71. The lowest BCUT2D eigenvalue weighted by molar-refractivity contribution is 0.249. The summed E-state index contributed by atoms with van der Waals surface area (Å²) in [5, 5.41) is 6.00. The smallest absolute Gasteiger partial charge is 0.312 e. The van der Waals surface area contributed by atoms with Crippen LogP contribution in [-0.4, -0.2) is 25.7 Å². The maximum atomic E-state index is 10.6. The Bertz CT molecular complexity index is 448. The molecule has 5 nitrogen and oxygen atoms in total. The molecule has 0 bridgehead atoms. The highest BCUT2D eigenvalue weighted by atomic mass is 16.5. The normalized spacial score (nSPS) is 14.6. The fraction of sp³-hybridized carbons (Fsp3) is 0.500. The van der Waals surface area contributed by atoms with Gasteiger partial charge < -0.3 is 21.1 Å². The van der Waals surface area contributed by atoms with Gasteiger partial charge in [0.1, 0.15) is 5.75 Å². The van der Waals surface area contributed by atoms with E-state index in [1.165, 1.54) is 11.1 Å². The quantitative estimate of drug-likeness (QED) is 0.678. The summed E-state index contributed by atoms with van der Waals surface area (Å²) in [5.74, 6) is 1.01. The molecule has 0 saturated heterocycles. The van der Waals surface area contributed by atoms with Gasteiger partial charge in [0.25, 0.3) is 0 Å². The van der Waals surface area contributed by atoms with Crippen LogP contribution < -0.4 is 21.1 Å². The molecule has 1 aliphatic rings. The van der Waals surface area contributed by atoms with Crippen molar-refractivity contribution in [3.8, 4) is 5.75 Å². The van der Waals surface area contributed by atoms with Crippen molar-refractivity contribution in [3.63, 3.8) is 0 Å². The number of amides is 2. The van der Waals surface area contributed by atoms with Crippen molar-refractivity contribution in [1.82, 2.24) is 10.6 Å². The highest BCUT2D eigenvalue weighted by Gasteiger charge is 2.15. The molecule has 2 rings (SSSR count). The van der Waals surface area contributed by atoms with Crippen molar-refractivity contribution >= 4 is 6.03 Å². The number of nitrogens with two attached hydrogens (primary N) is 1. The van der Waals surface area contributed by atoms with Crippen LogP contribution in [0.4, 0.5) is 4.79 Å². The van der Waals surface area contributed by atoms with E-state index < -0.39 is 6.03 Å². The predicted molar refractivity (Wildman–Crippen MR) is 74.3 cm³/mol. The molecule has 1 unspecified atom stereocenters. The van der Waals surface area contributed by atoms with Gasteiger partial charge in [-0.05, 0) is 23.6 Å². The molecule has 0 aliphatic carbocycles. The second-order valence-electron chi connectivity index (χ2n) is 4.67.